The van der Waals surface area contributed by atoms with Gasteiger partial charge in [0.2, 0.25) is 5.91 Å². The Morgan fingerprint density at radius 3 is 3.10 bits per heavy atom. The lowest BCUT2D eigenvalue weighted by atomic mass is 9.79. The van der Waals surface area contributed by atoms with Crippen LogP contribution in [0.2, 0.25) is 0 Å². The summed E-state index contributed by atoms with van der Waals surface area (Å²) in [5.74, 6) is 0.380. The Hall–Kier alpha value is -0.650. The van der Waals surface area contributed by atoms with E-state index in [0.29, 0.717) is 12.5 Å². The summed E-state index contributed by atoms with van der Waals surface area (Å²) >= 11 is 4.96. The molecule has 5 heteroatoms. The van der Waals surface area contributed by atoms with E-state index in [9.17, 15) is 9.90 Å². The summed E-state index contributed by atoms with van der Waals surface area (Å²) in [4.78, 5) is 12.8. The fraction of sp³-hybridized carbons (Fsp3) is 0.533. The molecule has 0 spiro atoms. The van der Waals surface area contributed by atoms with E-state index in [1.807, 2.05) is 12.1 Å². The number of rotatable bonds is 4. The number of hydrogen-bond donors (Lipinski definition) is 2. The van der Waals surface area contributed by atoms with Gasteiger partial charge in [-0.1, -0.05) is 19.8 Å². The lowest BCUT2D eigenvalue weighted by molar-refractivity contribution is -0.118. The maximum absolute atomic E-state index is 11.8. The van der Waals surface area contributed by atoms with Gasteiger partial charge in [-0.2, -0.15) is 0 Å². The summed E-state index contributed by atoms with van der Waals surface area (Å²) < 4.78 is 1.04. The first-order valence-corrected chi connectivity index (χ1v) is 8.51. The van der Waals surface area contributed by atoms with Gasteiger partial charge in [-0.15, -0.1) is 11.3 Å². The van der Waals surface area contributed by atoms with Crippen LogP contribution in [0.15, 0.2) is 22.0 Å². The number of carbonyl (C=O) groups excluding carboxylic acids is 1. The SMILES string of the molecule is CC1CCCC(O)(CNC(=O)C=Cc2ccc(Br)s2)C1. The molecular formula is C15H20BrNO2S. The van der Waals surface area contributed by atoms with Crippen LogP contribution in [0.1, 0.15) is 37.5 Å². The highest BCUT2D eigenvalue weighted by Crippen LogP contribution is 2.31. The number of hydrogen-bond acceptors (Lipinski definition) is 3. The van der Waals surface area contributed by atoms with Crippen LogP contribution in [-0.4, -0.2) is 23.2 Å². The number of aliphatic hydroxyl groups is 1. The third kappa shape index (κ3) is 4.72. The number of halogens is 1. The van der Waals surface area contributed by atoms with Crippen LogP contribution in [0.4, 0.5) is 0 Å². The number of nitrogens with one attached hydrogen (secondary N) is 1. The number of carbonyl (C=O) groups is 1. The maximum atomic E-state index is 11.8. The zero-order valence-corrected chi connectivity index (χ0v) is 14.0. The first-order valence-electron chi connectivity index (χ1n) is 6.90. The number of thiophene rings is 1. The van der Waals surface area contributed by atoms with E-state index in [-0.39, 0.29) is 5.91 Å². The molecule has 2 atom stereocenters. The largest absolute Gasteiger partial charge is 0.388 e. The number of amides is 1. The Morgan fingerprint density at radius 1 is 1.65 bits per heavy atom. The second-order valence-corrected chi connectivity index (χ2v) is 8.11. The van der Waals surface area contributed by atoms with Crippen LogP contribution >= 0.6 is 27.3 Å². The van der Waals surface area contributed by atoms with Crippen molar-refractivity contribution in [1.29, 1.82) is 0 Å². The summed E-state index contributed by atoms with van der Waals surface area (Å²) in [5.41, 5.74) is -0.729. The van der Waals surface area contributed by atoms with E-state index in [2.05, 4.69) is 28.2 Å². The molecule has 3 nitrogen and oxygen atoms in total. The minimum Gasteiger partial charge on any atom is -0.388 e. The smallest absolute Gasteiger partial charge is 0.244 e. The molecule has 1 aromatic heterocycles. The van der Waals surface area contributed by atoms with Gasteiger partial charge in [0.25, 0.3) is 0 Å². The Labute approximate surface area is 132 Å². The van der Waals surface area contributed by atoms with Gasteiger partial charge >= 0.3 is 0 Å². The zero-order valence-electron chi connectivity index (χ0n) is 11.6. The van der Waals surface area contributed by atoms with Crippen LogP contribution in [0.25, 0.3) is 6.08 Å². The van der Waals surface area contributed by atoms with Crippen LogP contribution in [0.3, 0.4) is 0 Å². The lowest BCUT2D eigenvalue weighted by Gasteiger charge is -2.35. The molecule has 1 aromatic rings. The van der Waals surface area contributed by atoms with Gasteiger partial charge in [-0.25, -0.2) is 0 Å². The van der Waals surface area contributed by atoms with Gasteiger partial charge in [0.15, 0.2) is 0 Å². The van der Waals surface area contributed by atoms with Crippen molar-refractivity contribution < 1.29 is 9.90 Å². The van der Waals surface area contributed by atoms with Crippen LogP contribution in [0.5, 0.6) is 0 Å². The fourth-order valence-corrected chi connectivity index (χ4v) is 4.01. The van der Waals surface area contributed by atoms with Gasteiger partial charge in [0, 0.05) is 17.5 Å². The van der Waals surface area contributed by atoms with Crippen molar-refractivity contribution >= 4 is 39.2 Å². The first-order chi connectivity index (χ1) is 9.47. The topological polar surface area (TPSA) is 49.3 Å². The first kappa shape index (κ1) is 15.7. The minimum atomic E-state index is -0.729. The normalized spacial score (nSPS) is 26.9. The fourth-order valence-electron chi connectivity index (χ4n) is 2.68. The second kappa shape index (κ2) is 6.87. The van der Waals surface area contributed by atoms with E-state index in [1.54, 1.807) is 17.4 Å². The molecule has 0 bridgehead atoms. The Kier molecular flexibility index (Phi) is 5.41. The molecule has 1 saturated carbocycles. The molecule has 1 aliphatic carbocycles. The molecule has 1 heterocycles. The molecule has 2 N–H and O–H groups in total. The van der Waals surface area contributed by atoms with Crippen molar-refractivity contribution in [2.75, 3.05) is 6.54 Å². The molecule has 0 aromatic carbocycles. The van der Waals surface area contributed by atoms with Crippen LogP contribution in [-0.2, 0) is 4.79 Å². The zero-order chi connectivity index (χ0) is 14.6. The van der Waals surface area contributed by atoms with Gasteiger partial charge in [-0.3, -0.25) is 4.79 Å². The average Bonchev–Trinajstić information content (AvgIpc) is 2.80. The third-order valence-electron chi connectivity index (χ3n) is 3.65. The van der Waals surface area contributed by atoms with E-state index in [0.717, 1.165) is 27.9 Å². The van der Waals surface area contributed by atoms with Gasteiger partial charge in [0.1, 0.15) is 0 Å². The Morgan fingerprint density at radius 2 is 2.45 bits per heavy atom. The summed E-state index contributed by atoms with van der Waals surface area (Å²) in [5, 5.41) is 13.2. The molecule has 20 heavy (non-hydrogen) atoms. The molecular weight excluding hydrogens is 338 g/mol. The maximum Gasteiger partial charge on any atom is 0.244 e. The molecule has 1 fully saturated rings. The molecule has 0 radical (unpaired) electrons. The highest BCUT2D eigenvalue weighted by molar-refractivity contribution is 9.11. The van der Waals surface area contributed by atoms with E-state index in [4.69, 9.17) is 0 Å². The van der Waals surface area contributed by atoms with Crippen LogP contribution < -0.4 is 5.32 Å². The monoisotopic (exact) mass is 357 g/mol. The van der Waals surface area contributed by atoms with Crippen molar-refractivity contribution in [1.82, 2.24) is 5.32 Å². The van der Waals surface area contributed by atoms with Gasteiger partial charge < -0.3 is 10.4 Å². The lowest BCUT2D eigenvalue weighted by Crippen LogP contribution is -2.45. The molecule has 0 aliphatic heterocycles. The van der Waals surface area contributed by atoms with Crippen molar-refractivity contribution in [3.63, 3.8) is 0 Å². The van der Waals surface area contributed by atoms with Crippen LogP contribution in [0, 0.1) is 5.92 Å². The molecule has 0 saturated heterocycles. The molecule has 110 valence electrons. The standard InChI is InChI=1S/C15H20BrNO2S/c1-11-3-2-8-15(19,9-11)10-17-14(18)7-5-12-4-6-13(16)20-12/h4-7,11,19H,2-3,8-10H2,1H3,(H,17,18). The predicted octanol–water partition coefficient (Wildman–Crippen LogP) is 3.58. The quantitative estimate of drug-likeness (QED) is 0.809. The van der Waals surface area contributed by atoms with Gasteiger partial charge in [0.05, 0.1) is 9.39 Å². The van der Waals surface area contributed by atoms with Crippen molar-refractivity contribution in [3.05, 3.63) is 26.9 Å². The summed E-state index contributed by atoms with van der Waals surface area (Å²) in [7, 11) is 0. The predicted molar refractivity (Wildman–Crippen MR) is 86.6 cm³/mol. The average molecular weight is 358 g/mol. The highest BCUT2D eigenvalue weighted by atomic mass is 79.9. The summed E-state index contributed by atoms with van der Waals surface area (Å²) in [6.45, 7) is 2.50. The summed E-state index contributed by atoms with van der Waals surface area (Å²) in [6.07, 6.45) is 7.07. The van der Waals surface area contributed by atoms with Crippen molar-refractivity contribution in [3.8, 4) is 0 Å². The third-order valence-corrected chi connectivity index (χ3v) is 5.24. The minimum absolute atomic E-state index is 0.152. The van der Waals surface area contributed by atoms with E-state index < -0.39 is 5.60 Å². The summed E-state index contributed by atoms with van der Waals surface area (Å²) in [6, 6.07) is 3.91. The van der Waals surface area contributed by atoms with Gasteiger partial charge in [-0.05, 0) is 52.9 Å². The second-order valence-electron chi connectivity index (χ2n) is 5.62. The molecule has 1 aliphatic rings. The van der Waals surface area contributed by atoms with E-state index >= 15 is 0 Å². The van der Waals surface area contributed by atoms with Crippen molar-refractivity contribution in [2.45, 2.75) is 38.2 Å². The highest BCUT2D eigenvalue weighted by Gasteiger charge is 2.32. The Bertz CT molecular complexity index is 500. The van der Waals surface area contributed by atoms with E-state index in [1.165, 1.54) is 12.5 Å². The molecule has 2 rings (SSSR count). The van der Waals surface area contributed by atoms with Crippen molar-refractivity contribution in [2.24, 2.45) is 5.92 Å². The Balaban J connectivity index is 1.81. The molecule has 1 amide bonds. The molecule has 2 unspecified atom stereocenters.